The molecule has 0 aliphatic heterocycles. The first-order chi connectivity index (χ1) is 13.1. The van der Waals surface area contributed by atoms with E-state index in [1.807, 2.05) is 0 Å². The quantitative estimate of drug-likeness (QED) is 0.707. The summed E-state index contributed by atoms with van der Waals surface area (Å²) in [6, 6.07) is 4.67. The van der Waals surface area contributed by atoms with E-state index in [-0.39, 0.29) is 10.5 Å². The summed E-state index contributed by atoms with van der Waals surface area (Å²) in [7, 11) is -3.91. The third kappa shape index (κ3) is 5.22. The molecule has 2 N–H and O–H groups in total. The average Bonchev–Trinajstić information content (AvgIpc) is 2.86. The molecule has 11 heteroatoms. The Kier molecular flexibility index (Phi) is 5.94. The molecule has 1 aliphatic carbocycles. The first-order valence-electron chi connectivity index (χ1n) is 8.60. The Morgan fingerprint density at radius 3 is 2.46 bits per heavy atom. The maximum absolute atomic E-state index is 12.5. The van der Waals surface area contributed by atoms with Gasteiger partial charge in [-0.05, 0) is 49.9 Å². The van der Waals surface area contributed by atoms with Crippen LogP contribution in [0.3, 0.4) is 0 Å². The monoisotopic (exact) mass is 433 g/mol. The van der Waals surface area contributed by atoms with E-state index in [2.05, 4.69) is 9.71 Å². The Hall–Kier alpha value is -2.14. The summed E-state index contributed by atoms with van der Waals surface area (Å²) in [5.74, 6) is -0.933. The second kappa shape index (κ2) is 8.08. The van der Waals surface area contributed by atoms with Gasteiger partial charge in [0, 0.05) is 10.4 Å². The van der Waals surface area contributed by atoms with E-state index < -0.39 is 28.7 Å². The predicted molar refractivity (Wildman–Crippen MR) is 99.0 cm³/mol. The number of carbonyl (C=O) groups is 1. The maximum atomic E-state index is 12.5. The molecule has 0 bridgehead atoms. The lowest BCUT2D eigenvalue weighted by molar-refractivity contribution is -0.123. The minimum Gasteiger partial charge on any atom is -0.343 e. The second-order valence-electron chi connectivity index (χ2n) is 6.38. The SMILES string of the molecule is O=C(NCC(F)(F)F)c1ccc(S(=O)(=O)Nc2nc3c(s2)CCCCC3)cc1. The Morgan fingerprint density at radius 2 is 1.79 bits per heavy atom. The highest BCUT2D eigenvalue weighted by Crippen LogP contribution is 2.30. The Labute approximate surface area is 164 Å². The molecule has 0 radical (unpaired) electrons. The molecule has 1 heterocycles. The molecule has 0 atom stereocenters. The summed E-state index contributed by atoms with van der Waals surface area (Å²) < 4.78 is 64.0. The van der Waals surface area contributed by atoms with Gasteiger partial charge in [0.15, 0.2) is 5.13 Å². The van der Waals surface area contributed by atoms with E-state index in [9.17, 15) is 26.4 Å². The van der Waals surface area contributed by atoms with Crippen LogP contribution in [0.15, 0.2) is 29.2 Å². The molecule has 1 aromatic carbocycles. The molecule has 6 nitrogen and oxygen atoms in total. The summed E-state index contributed by atoms with van der Waals surface area (Å²) in [6.45, 7) is -1.46. The summed E-state index contributed by atoms with van der Waals surface area (Å²) >= 11 is 1.32. The molecule has 152 valence electrons. The number of hydrogen-bond donors (Lipinski definition) is 2. The number of halogens is 3. The third-order valence-electron chi connectivity index (χ3n) is 4.19. The second-order valence-corrected chi connectivity index (χ2v) is 9.14. The van der Waals surface area contributed by atoms with E-state index in [0.717, 1.165) is 54.8 Å². The first kappa shape index (κ1) is 20.6. The van der Waals surface area contributed by atoms with Crippen molar-refractivity contribution in [3.8, 4) is 0 Å². The van der Waals surface area contributed by atoms with Gasteiger partial charge in [0.25, 0.3) is 15.9 Å². The maximum Gasteiger partial charge on any atom is 0.405 e. The van der Waals surface area contributed by atoms with Gasteiger partial charge in [-0.1, -0.05) is 6.42 Å². The zero-order valence-corrected chi connectivity index (χ0v) is 16.3. The number of nitrogens with zero attached hydrogens (tertiary/aromatic N) is 1. The van der Waals surface area contributed by atoms with E-state index in [4.69, 9.17) is 0 Å². The van der Waals surface area contributed by atoms with E-state index in [1.165, 1.54) is 23.5 Å². The van der Waals surface area contributed by atoms with Crippen molar-refractivity contribution >= 4 is 32.4 Å². The van der Waals surface area contributed by atoms with E-state index in [0.29, 0.717) is 5.13 Å². The van der Waals surface area contributed by atoms with Crippen molar-refractivity contribution in [3.05, 3.63) is 40.4 Å². The molecule has 2 aromatic rings. The van der Waals surface area contributed by atoms with Gasteiger partial charge in [-0.15, -0.1) is 11.3 Å². The van der Waals surface area contributed by atoms with Crippen LogP contribution in [0.2, 0.25) is 0 Å². The highest BCUT2D eigenvalue weighted by Gasteiger charge is 2.28. The van der Waals surface area contributed by atoms with Crippen LogP contribution in [0.5, 0.6) is 0 Å². The van der Waals surface area contributed by atoms with E-state index in [1.54, 1.807) is 5.32 Å². The fraction of sp³-hybridized carbons (Fsp3) is 0.412. The fourth-order valence-electron chi connectivity index (χ4n) is 2.81. The number of thiazole rings is 1. The topological polar surface area (TPSA) is 88.2 Å². The van der Waals surface area contributed by atoms with Crippen LogP contribution in [-0.2, 0) is 22.9 Å². The molecule has 0 unspecified atom stereocenters. The molecule has 1 amide bonds. The number of sulfonamides is 1. The molecule has 3 rings (SSSR count). The number of aryl methyl sites for hydroxylation is 2. The van der Waals surface area contributed by atoms with Crippen molar-refractivity contribution in [3.63, 3.8) is 0 Å². The van der Waals surface area contributed by atoms with Crippen LogP contribution in [0.4, 0.5) is 18.3 Å². The number of hydrogen-bond acceptors (Lipinski definition) is 5. The molecule has 0 spiro atoms. The van der Waals surface area contributed by atoms with Crippen LogP contribution in [0.25, 0.3) is 0 Å². The number of alkyl halides is 3. The van der Waals surface area contributed by atoms with Gasteiger partial charge in [0.1, 0.15) is 6.54 Å². The number of amides is 1. The molecular formula is C17H18F3N3O3S2. The van der Waals surface area contributed by atoms with Crippen LogP contribution < -0.4 is 10.0 Å². The first-order valence-corrected chi connectivity index (χ1v) is 10.9. The lowest BCUT2D eigenvalue weighted by Gasteiger charge is -2.09. The number of aromatic nitrogens is 1. The summed E-state index contributed by atoms with van der Waals surface area (Å²) in [5, 5.41) is 2.02. The van der Waals surface area contributed by atoms with Crippen molar-refractivity contribution in [2.45, 2.75) is 43.2 Å². The van der Waals surface area contributed by atoms with Crippen molar-refractivity contribution in [1.29, 1.82) is 0 Å². The Balaban J connectivity index is 1.69. The predicted octanol–water partition coefficient (Wildman–Crippen LogP) is 3.50. The van der Waals surface area contributed by atoms with E-state index >= 15 is 0 Å². The average molecular weight is 433 g/mol. The summed E-state index contributed by atoms with van der Waals surface area (Å²) in [4.78, 5) is 17.1. The van der Waals surface area contributed by atoms with Gasteiger partial charge < -0.3 is 5.32 Å². The smallest absolute Gasteiger partial charge is 0.343 e. The molecule has 1 aliphatic rings. The summed E-state index contributed by atoms with van der Waals surface area (Å²) in [5.41, 5.74) is 0.862. The molecule has 28 heavy (non-hydrogen) atoms. The zero-order chi connectivity index (χ0) is 20.4. The van der Waals surface area contributed by atoms with Gasteiger partial charge >= 0.3 is 6.18 Å². The van der Waals surface area contributed by atoms with Crippen molar-refractivity contribution in [2.75, 3.05) is 11.3 Å². The van der Waals surface area contributed by atoms with Gasteiger partial charge in [0.2, 0.25) is 0 Å². The summed E-state index contributed by atoms with van der Waals surface area (Å²) in [6.07, 6.45) is 0.410. The molecule has 0 saturated carbocycles. The van der Waals surface area contributed by atoms with Crippen LogP contribution in [0, 0.1) is 0 Å². The Bertz CT molecular complexity index is 931. The molecule has 0 fully saturated rings. The van der Waals surface area contributed by atoms with Crippen molar-refractivity contribution in [1.82, 2.24) is 10.3 Å². The zero-order valence-electron chi connectivity index (χ0n) is 14.7. The highest BCUT2D eigenvalue weighted by molar-refractivity contribution is 7.93. The van der Waals surface area contributed by atoms with Crippen LogP contribution in [0.1, 0.15) is 40.2 Å². The largest absolute Gasteiger partial charge is 0.405 e. The van der Waals surface area contributed by atoms with Crippen molar-refractivity contribution in [2.24, 2.45) is 0 Å². The molecule has 0 saturated heterocycles. The van der Waals surface area contributed by atoms with Gasteiger partial charge in [0.05, 0.1) is 10.6 Å². The minimum absolute atomic E-state index is 0.0656. The lowest BCUT2D eigenvalue weighted by Crippen LogP contribution is -2.33. The number of nitrogens with one attached hydrogen (secondary N) is 2. The Morgan fingerprint density at radius 1 is 1.11 bits per heavy atom. The molecule has 1 aromatic heterocycles. The fourth-order valence-corrected chi connectivity index (χ4v) is 5.10. The minimum atomic E-state index is -4.52. The normalized spacial score (nSPS) is 14.8. The highest BCUT2D eigenvalue weighted by atomic mass is 32.2. The molecular weight excluding hydrogens is 415 g/mol. The van der Waals surface area contributed by atoms with Gasteiger partial charge in [-0.25, -0.2) is 13.4 Å². The standard InChI is InChI=1S/C17H18F3N3O3S2/c18-17(19,20)10-21-15(24)11-6-8-12(9-7-11)28(25,26)23-16-22-13-4-2-1-3-5-14(13)27-16/h6-9H,1-5,10H2,(H,21,24)(H,22,23). The van der Waals surface area contributed by atoms with Crippen LogP contribution in [-0.4, -0.2) is 32.0 Å². The van der Waals surface area contributed by atoms with Crippen molar-refractivity contribution < 1.29 is 26.4 Å². The number of anilines is 1. The van der Waals surface area contributed by atoms with Gasteiger partial charge in [-0.3, -0.25) is 9.52 Å². The number of rotatable bonds is 5. The van der Waals surface area contributed by atoms with Gasteiger partial charge in [-0.2, -0.15) is 13.2 Å². The third-order valence-corrected chi connectivity index (χ3v) is 6.75. The lowest BCUT2D eigenvalue weighted by atomic mass is 10.2. The number of carbonyl (C=O) groups excluding carboxylic acids is 1. The number of fused-ring (bicyclic) bond motifs is 1. The van der Waals surface area contributed by atoms with Crippen LogP contribution >= 0.6 is 11.3 Å². The number of benzene rings is 1.